The highest BCUT2D eigenvalue weighted by atomic mass is 19.1. The third-order valence-corrected chi connectivity index (χ3v) is 3.84. The molecule has 0 radical (unpaired) electrons. The number of hydrogen-bond acceptors (Lipinski definition) is 4. The highest BCUT2D eigenvalue weighted by molar-refractivity contribution is 5.97. The van der Waals surface area contributed by atoms with Gasteiger partial charge in [-0.15, -0.1) is 0 Å². The second kappa shape index (κ2) is 8.00. The van der Waals surface area contributed by atoms with Crippen LogP contribution in [0.1, 0.15) is 27.6 Å². The summed E-state index contributed by atoms with van der Waals surface area (Å²) in [6.45, 7) is 0.937. The van der Waals surface area contributed by atoms with E-state index in [0.717, 1.165) is 0 Å². The Morgan fingerprint density at radius 1 is 1.16 bits per heavy atom. The van der Waals surface area contributed by atoms with Crippen molar-refractivity contribution in [1.82, 2.24) is 4.90 Å². The van der Waals surface area contributed by atoms with E-state index in [1.54, 1.807) is 18.2 Å². The first-order valence-electron chi connectivity index (χ1n) is 7.78. The highest BCUT2D eigenvalue weighted by Gasteiger charge is 2.16. The maximum absolute atomic E-state index is 14.2. The first kappa shape index (κ1) is 18.8. The average molecular weight is 345 g/mol. The van der Waals surface area contributed by atoms with Gasteiger partial charge in [-0.1, -0.05) is 12.1 Å². The van der Waals surface area contributed by atoms with Crippen molar-refractivity contribution in [2.24, 2.45) is 0 Å². The number of amides is 1. The van der Waals surface area contributed by atoms with Crippen LogP contribution in [0, 0.1) is 5.82 Å². The largest absolute Gasteiger partial charge is 0.394 e. The van der Waals surface area contributed by atoms with Crippen LogP contribution in [-0.2, 0) is 0 Å². The number of carbonyl (C=O) groups is 2. The molecule has 25 heavy (non-hydrogen) atoms. The van der Waals surface area contributed by atoms with E-state index in [0.29, 0.717) is 16.7 Å². The SMILES string of the molecule is CC(=O)c1ccc(F)c(-c2cccc(C(=O)N(C)CC(O)CO)c2)c1. The van der Waals surface area contributed by atoms with E-state index in [1.807, 2.05) is 0 Å². The van der Waals surface area contributed by atoms with Gasteiger partial charge in [0.05, 0.1) is 12.7 Å². The summed E-state index contributed by atoms with van der Waals surface area (Å²) in [6, 6.07) is 10.5. The molecule has 0 aromatic heterocycles. The molecule has 0 heterocycles. The first-order valence-corrected chi connectivity index (χ1v) is 7.78. The van der Waals surface area contributed by atoms with Gasteiger partial charge in [0.15, 0.2) is 5.78 Å². The molecule has 132 valence electrons. The molecule has 2 aromatic rings. The Morgan fingerprint density at radius 2 is 1.88 bits per heavy atom. The lowest BCUT2D eigenvalue weighted by Gasteiger charge is -2.20. The lowest BCUT2D eigenvalue weighted by atomic mass is 9.99. The number of rotatable bonds is 6. The summed E-state index contributed by atoms with van der Waals surface area (Å²) < 4.78 is 14.2. The summed E-state index contributed by atoms with van der Waals surface area (Å²) in [5, 5.41) is 18.3. The van der Waals surface area contributed by atoms with E-state index in [9.17, 15) is 19.1 Å². The van der Waals surface area contributed by atoms with Gasteiger partial charge < -0.3 is 15.1 Å². The van der Waals surface area contributed by atoms with Crippen molar-refractivity contribution < 1.29 is 24.2 Å². The van der Waals surface area contributed by atoms with Gasteiger partial charge in [-0.05, 0) is 42.8 Å². The summed E-state index contributed by atoms with van der Waals surface area (Å²) in [7, 11) is 1.50. The molecule has 6 heteroatoms. The maximum Gasteiger partial charge on any atom is 0.253 e. The van der Waals surface area contributed by atoms with E-state index in [1.165, 1.54) is 43.1 Å². The molecule has 2 aromatic carbocycles. The molecule has 1 unspecified atom stereocenters. The molecule has 0 saturated carbocycles. The molecule has 5 nitrogen and oxygen atoms in total. The molecule has 0 bridgehead atoms. The normalized spacial score (nSPS) is 11.9. The van der Waals surface area contributed by atoms with Crippen LogP contribution in [0.2, 0.25) is 0 Å². The number of nitrogens with zero attached hydrogens (tertiary/aromatic N) is 1. The van der Waals surface area contributed by atoms with Gasteiger partial charge >= 0.3 is 0 Å². The van der Waals surface area contributed by atoms with Crippen molar-refractivity contribution in [2.75, 3.05) is 20.2 Å². The molecule has 0 fully saturated rings. The number of carbonyl (C=O) groups excluding carboxylic acids is 2. The van der Waals surface area contributed by atoms with Gasteiger partial charge in [-0.3, -0.25) is 9.59 Å². The van der Waals surface area contributed by atoms with E-state index in [4.69, 9.17) is 5.11 Å². The number of hydrogen-bond donors (Lipinski definition) is 2. The number of ketones is 1. The van der Waals surface area contributed by atoms with Crippen molar-refractivity contribution in [3.8, 4) is 11.1 Å². The topological polar surface area (TPSA) is 77.8 Å². The Hall–Kier alpha value is -2.57. The van der Waals surface area contributed by atoms with Crippen LogP contribution in [-0.4, -0.2) is 53.1 Å². The van der Waals surface area contributed by atoms with E-state index in [2.05, 4.69) is 0 Å². The number of benzene rings is 2. The van der Waals surface area contributed by atoms with Crippen LogP contribution in [0.3, 0.4) is 0 Å². The minimum Gasteiger partial charge on any atom is -0.394 e. The second-order valence-electron chi connectivity index (χ2n) is 5.85. The van der Waals surface area contributed by atoms with Gasteiger partial charge in [0.1, 0.15) is 5.82 Å². The van der Waals surface area contributed by atoms with Crippen molar-refractivity contribution in [1.29, 1.82) is 0 Å². The summed E-state index contributed by atoms with van der Waals surface area (Å²) in [5.74, 6) is -1.03. The van der Waals surface area contributed by atoms with Crippen LogP contribution < -0.4 is 0 Å². The van der Waals surface area contributed by atoms with E-state index in [-0.39, 0.29) is 23.8 Å². The molecule has 2 rings (SSSR count). The van der Waals surface area contributed by atoms with Crippen molar-refractivity contribution in [3.05, 3.63) is 59.4 Å². The smallest absolute Gasteiger partial charge is 0.253 e. The van der Waals surface area contributed by atoms with Gasteiger partial charge in [0.25, 0.3) is 5.91 Å². The number of aliphatic hydroxyl groups is 2. The van der Waals surface area contributed by atoms with Gasteiger partial charge in [0, 0.05) is 30.3 Å². The maximum atomic E-state index is 14.2. The molecular formula is C19H20FNO4. The fourth-order valence-corrected chi connectivity index (χ4v) is 2.46. The number of likely N-dealkylation sites (N-methyl/N-ethyl adjacent to an activating group) is 1. The first-order chi connectivity index (χ1) is 11.8. The fraction of sp³-hybridized carbons (Fsp3) is 0.263. The van der Waals surface area contributed by atoms with Crippen molar-refractivity contribution in [2.45, 2.75) is 13.0 Å². The van der Waals surface area contributed by atoms with Crippen LogP contribution in [0.4, 0.5) is 4.39 Å². The lowest BCUT2D eigenvalue weighted by molar-refractivity contribution is 0.0520. The Kier molecular flexibility index (Phi) is 6.01. The van der Waals surface area contributed by atoms with Crippen molar-refractivity contribution in [3.63, 3.8) is 0 Å². The Balaban J connectivity index is 2.35. The quantitative estimate of drug-likeness (QED) is 0.786. The monoisotopic (exact) mass is 345 g/mol. The third kappa shape index (κ3) is 4.49. The standard InChI is InChI=1S/C19H20FNO4/c1-12(23)13-6-7-18(20)17(9-13)14-4-3-5-15(8-14)19(25)21(2)10-16(24)11-22/h3-9,16,22,24H,10-11H2,1-2H3. The Labute approximate surface area is 145 Å². The van der Waals surface area contributed by atoms with Crippen LogP contribution in [0.15, 0.2) is 42.5 Å². The molecule has 0 saturated heterocycles. The molecule has 1 amide bonds. The van der Waals surface area contributed by atoms with Gasteiger partial charge in [-0.25, -0.2) is 4.39 Å². The lowest BCUT2D eigenvalue weighted by Crippen LogP contribution is -2.35. The highest BCUT2D eigenvalue weighted by Crippen LogP contribution is 2.25. The minimum atomic E-state index is -1.03. The predicted molar refractivity (Wildman–Crippen MR) is 91.9 cm³/mol. The second-order valence-corrected chi connectivity index (χ2v) is 5.85. The summed E-state index contributed by atoms with van der Waals surface area (Å²) in [5.41, 5.74) is 1.41. The zero-order valence-electron chi connectivity index (χ0n) is 14.1. The minimum absolute atomic E-state index is 0.0201. The number of halogens is 1. The van der Waals surface area contributed by atoms with Crippen molar-refractivity contribution >= 4 is 11.7 Å². The zero-order chi connectivity index (χ0) is 18.6. The van der Waals surface area contributed by atoms with Gasteiger partial charge in [-0.2, -0.15) is 0 Å². The average Bonchev–Trinajstić information content (AvgIpc) is 2.61. The molecule has 1 atom stereocenters. The Morgan fingerprint density at radius 3 is 2.52 bits per heavy atom. The van der Waals surface area contributed by atoms with Crippen LogP contribution in [0.5, 0.6) is 0 Å². The third-order valence-electron chi connectivity index (χ3n) is 3.84. The van der Waals surface area contributed by atoms with E-state index >= 15 is 0 Å². The molecular weight excluding hydrogens is 325 g/mol. The molecule has 2 N–H and O–H groups in total. The van der Waals surface area contributed by atoms with Crippen LogP contribution >= 0.6 is 0 Å². The summed E-state index contributed by atoms with van der Waals surface area (Å²) in [6.07, 6.45) is -1.03. The molecule has 0 spiro atoms. The Bertz CT molecular complexity index is 791. The predicted octanol–water partition coefficient (Wildman–Crippen LogP) is 2.12. The zero-order valence-corrected chi connectivity index (χ0v) is 14.1. The fourth-order valence-electron chi connectivity index (χ4n) is 2.46. The van der Waals surface area contributed by atoms with E-state index < -0.39 is 18.5 Å². The number of Topliss-reactive ketones (excluding diaryl/α,β-unsaturated/α-hetero) is 1. The molecule has 0 aliphatic rings. The van der Waals surface area contributed by atoms with Gasteiger partial charge in [0.2, 0.25) is 0 Å². The molecule has 0 aliphatic carbocycles. The summed E-state index contributed by atoms with van der Waals surface area (Å²) in [4.78, 5) is 25.2. The number of aliphatic hydroxyl groups excluding tert-OH is 2. The summed E-state index contributed by atoms with van der Waals surface area (Å²) >= 11 is 0. The molecule has 0 aliphatic heterocycles. The van der Waals surface area contributed by atoms with Crippen LogP contribution in [0.25, 0.3) is 11.1 Å².